The summed E-state index contributed by atoms with van der Waals surface area (Å²) in [6.07, 6.45) is 1.71. The molecule has 10 heteroatoms. The summed E-state index contributed by atoms with van der Waals surface area (Å²) in [5.74, 6) is 0.430. The fourth-order valence-electron chi connectivity index (χ4n) is 3.38. The molecule has 0 radical (unpaired) electrons. The van der Waals surface area contributed by atoms with Crippen LogP contribution in [-0.2, 0) is 14.8 Å². The number of carbonyl (C=O) groups excluding carboxylic acids is 1. The third kappa shape index (κ3) is 5.41. The summed E-state index contributed by atoms with van der Waals surface area (Å²) in [5, 5.41) is 2.73. The van der Waals surface area contributed by atoms with E-state index in [1.54, 1.807) is 36.5 Å². The number of nitrogens with one attached hydrogen (secondary N) is 2. The molecule has 0 saturated carbocycles. The van der Waals surface area contributed by atoms with Crippen molar-refractivity contribution in [1.29, 1.82) is 0 Å². The topological polar surface area (TPSA) is 110 Å². The highest BCUT2D eigenvalue weighted by Gasteiger charge is 2.18. The molecule has 1 saturated heterocycles. The molecule has 0 atom stereocenters. The zero-order chi connectivity index (χ0) is 23.3. The van der Waals surface area contributed by atoms with E-state index in [1.807, 2.05) is 6.07 Å². The molecule has 1 aromatic heterocycles. The van der Waals surface area contributed by atoms with Gasteiger partial charge in [0, 0.05) is 18.7 Å². The Kier molecular flexibility index (Phi) is 6.76. The van der Waals surface area contributed by atoms with Gasteiger partial charge in [0.1, 0.15) is 11.6 Å². The molecule has 0 unspecified atom stereocenters. The van der Waals surface area contributed by atoms with Crippen LogP contribution in [0.25, 0.3) is 0 Å². The number of ether oxygens (including phenoxy) is 2. The first-order valence-electron chi connectivity index (χ1n) is 10.3. The van der Waals surface area contributed by atoms with Gasteiger partial charge in [-0.25, -0.2) is 13.4 Å². The van der Waals surface area contributed by atoms with Crippen LogP contribution in [0, 0.1) is 0 Å². The van der Waals surface area contributed by atoms with Crippen LogP contribution in [0.1, 0.15) is 10.4 Å². The maximum atomic E-state index is 12.7. The average Bonchev–Trinajstić information content (AvgIpc) is 2.85. The fourth-order valence-corrected chi connectivity index (χ4v) is 4.45. The second kappa shape index (κ2) is 9.88. The van der Waals surface area contributed by atoms with E-state index in [0.29, 0.717) is 36.0 Å². The van der Waals surface area contributed by atoms with Crippen molar-refractivity contribution in [3.8, 4) is 5.75 Å². The maximum absolute atomic E-state index is 12.7. The normalized spacial score (nSPS) is 13.9. The van der Waals surface area contributed by atoms with Crippen molar-refractivity contribution in [2.24, 2.45) is 0 Å². The van der Waals surface area contributed by atoms with Gasteiger partial charge in [-0.2, -0.15) is 0 Å². The Bertz CT molecular complexity index is 1210. The number of methoxy groups -OCH3 is 1. The molecule has 3 aromatic rings. The fraction of sp³-hybridized carbons (Fsp3) is 0.217. The number of amides is 1. The standard InChI is InChI=1S/C23H24N4O5S/c1-31-21-5-3-2-4-20(21)26-33(29,30)19-9-6-17(7-10-19)23(28)25-22-11-8-18(16-24-22)27-12-14-32-15-13-27/h2-11,16,26H,12-15H2,1H3,(H,24,25,28). The molecule has 9 nitrogen and oxygen atoms in total. The van der Waals surface area contributed by atoms with E-state index in [2.05, 4.69) is 19.9 Å². The minimum atomic E-state index is -3.85. The zero-order valence-corrected chi connectivity index (χ0v) is 18.8. The first-order valence-corrected chi connectivity index (χ1v) is 11.8. The molecule has 172 valence electrons. The Morgan fingerprint density at radius 1 is 1.03 bits per heavy atom. The highest BCUT2D eigenvalue weighted by Crippen LogP contribution is 2.26. The number of para-hydroxylation sites is 2. The zero-order valence-electron chi connectivity index (χ0n) is 18.0. The monoisotopic (exact) mass is 468 g/mol. The lowest BCUT2D eigenvalue weighted by molar-refractivity contribution is 0.102. The SMILES string of the molecule is COc1ccccc1NS(=O)(=O)c1ccc(C(=O)Nc2ccc(N3CCOCC3)cn2)cc1. The number of sulfonamides is 1. The van der Waals surface area contributed by atoms with Crippen LogP contribution in [0.3, 0.4) is 0 Å². The van der Waals surface area contributed by atoms with Crippen molar-refractivity contribution in [1.82, 2.24) is 4.98 Å². The minimum Gasteiger partial charge on any atom is -0.495 e. The highest BCUT2D eigenvalue weighted by atomic mass is 32.2. The Hall–Kier alpha value is -3.63. The molecule has 0 spiro atoms. The molecule has 1 aliphatic heterocycles. The lowest BCUT2D eigenvalue weighted by Crippen LogP contribution is -2.36. The smallest absolute Gasteiger partial charge is 0.262 e. The first-order chi connectivity index (χ1) is 16.0. The molecule has 0 aliphatic carbocycles. The summed E-state index contributed by atoms with van der Waals surface area (Å²) in [7, 11) is -2.39. The van der Waals surface area contributed by atoms with Gasteiger partial charge < -0.3 is 19.7 Å². The molecule has 33 heavy (non-hydrogen) atoms. The summed E-state index contributed by atoms with van der Waals surface area (Å²) < 4.78 is 38.5. The van der Waals surface area contributed by atoms with E-state index < -0.39 is 10.0 Å². The number of rotatable bonds is 7. The molecule has 2 N–H and O–H groups in total. The summed E-state index contributed by atoms with van der Waals surface area (Å²) >= 11 is 0. The second-order valence-electron chi connectivity index (χ2n) is 7.29. The number of benzene rings is 2. The van der Waals surface area contributed by atoms with Crippen LogP contribution in [0.15, 0.2) is 71.8 Å². The van der Waals surface area contributed by atoms with Crippen molar-refractivity contribution >= 4 is 33.1 Å². The van der Waals surface area contributed by atoms with E-state index in [4.69, 9.17) is 9.47 Å². The molecule has 2 aromatic carbocycles. The van der Waals surface area contributed by atoms with Crippen LogP contribution < -0.4 is 19.7 Å². The molecular weight excluding hydrogens is 444 g/mol. The average molecular weight is 469 g/mol. The van der Waals surface area contributed by atoms with E-state index >= 15 is 0 Å². The maximum Gasteiger partial charge on any atom is 0.262 e. The summed E-state index contributed by atoms with van der Waals surface area (Å²) in [4.78, 5) is 19.1. The lowest BCUT2D eigenvalue weighted by atomic mass is 10.2. The number of carbonyl (C=O) groups is 1. The Labute approximate surface area is 192 Å². The Balaban J connectivity index is 1.41. The van der Waals surface area contributed by atoms with Crippen LogP contribution in [0.2, 0.25) is 0 Å². The van der Waals surface area contributed by atoms with Gasteiger partial charge in [-0.3, -0.25) is 9.52 Å². The molecule has 1 fully saturated rings. The Morgan fingerprint density at radius 2 is 1.76 bits per heavy atom. The number of nitrogens with zero attached hydrogens (tertiary/aromatic N) is 2. The number of aromatic nitrogens is 1. The third-order valence-corrected chi connectivity index (χ3v) is 6.53. The number of pyridine rings is 1. The molecule has 1 aliphatic rings. The molecular formula is C23H24N4O5S. The summed E-state index contributed by atoms with van der Waals surface area (Å²) in [6, 6.07) is 16.0. The van der Waals surface area contributed by atoms with Crippen LogP contribution in [0.4, 0.5) is 17.2 Å². The lowest BCUT2D eigenvalue weighted by Gasteiger charge is -2.28. The van der Waals surface area contributed by atoms with Crippen molar-refractivity contribution in [2.45, 2.75) is 4.90 Å². The third-order valence-electron chi connectivity index (χ3n) is 5.14. The summed E-state index contributed by atoms with van der Waals surface area (Å²) in [6.45, 7) is 2.96. The van der Waals surface area contributed by atoms with Gasteiger partial charge in [0.25, 0.3) is 15.9 Å². The van der Waals surface area contributed by atoms with Gasteiger partial charge in [-0.05, 0) is 48.5 Å². The Morgan fingerprint density at radius 3 is 2.42 bits per heavy atom. The van der Waals surface area contributed by atoms with Crippen LogP contribution in [0.5, 0.6) is 5.75 Å². The number of hydrogen-bond donors (Lipinski definition) is 2. The number of morpholine rings is 1. The quantitative estimate of drug-likeness (QED) is 0.549. The van der Waals surface area contributed by atoms with Crippen molar-refractivity contribution in [2.75, 3.05) is 48.4 Å². The van der Waals surface area contributed by atoms with Gasteiger partial charge in [0.05, 0.1) is 42.8 Å². The minimum absolute atomic E-state index is 0.0259. The largest absolute Gasteiger partial charge is 0.495 e. The van der Waals surface area contributed by atoms with Gasteiger partial charge in [-0.1, -0.05) is 12.1 Å². The van der Waals surface area contributed by atoms with Crippen LogP contribution >= 0.6 is 0 Å². The van der Waals surface area contributed by atoms with Crippen molar-refractivity contribution in [3.63, 3.8) is 0 Å². The predicted molar refractivity (Wildman–Crippen MR) is 125 cm³/mol. The molecule has 4 rings (SSSR count). The molecule has 0 bridgehead atoms. The number of hydrogen-bond acceptors (Lipinski definition) is 7. The van der Waals surface area contributed by atoms with Gasteiger partial charge in [-0.15, -0.1) is 0 Å². The van der Waals surface area contributed by atoms with E-state index in [0.717, 1.165) is 18.8 Å². The predicted octanol–water partition coefficient (Wildman–Crippen LogP) is 2.98. The van der Waals surface area contributed by atoms with Crippen molar-refractivity contribution < 1.29 is 22.7 Å². The van der Waals surface area contributed by atoms with E-state index in [1.165, 1.54) is 31.4 Å². The molecule has 1 amide bonds. The number of anilines is 3. The van der Waals surface area contributed by atoms with Crippen LogP contribution in [-0.4, -0.2) is 52.7 Å². The molecule has 2 heterocycles. The highest BCUT2D eigenvalue weighted by molar-refractivity contribution is 7.92. The van der Waals surface area contributed by atoms with Gasteiger partial charge >= 0.3 is 0 Å². The van der Waals surface area contributed by atoms with Gasteiger partial charge in [0.2, 0.25) is 0 Å². The van der Waals surface area contributed by atoms with E-state index in [-0.39, 0.29) is 10.8 Å². The second-order valence-corrected chi connectivity index (χ2v) is 8.97. The summed E-state index contributed by atoms with van der Waals surface area (Å²) in [5.41, 5.74) is 1.60. The first kappa shape index (κ1) is 22.6. The van der Waals surface area contributed by atoms with Gasteiger partial charge in [0.15, 0.2) is 0 Å². The van der Waals surface area contributed by atoms with E-state index in [9.17, 15) is 13.2 Å². The van der Waals surface area contributed by atoms with Crippen molar-refractivity contribution in [3.05, 3.63) is 72.4 Å².